The number of carboxylic acid groups (broad SMARTS) is 1. The molecule has 0 heterocycles. The first-order valence-electron chi connectivity index (χ1n) is 3.62. The minimum Gasteiger partial charge on any atom is -0.480 e. The molecule has 3 N–H and O–H groups in total. The number of hydrogen-bond acceptors (Lipinski definition) is 3. The second-order valence-electron chi connectivity index (χ2n) is 2.65. The molecule has 0 aliphatic heterocycles. The Morgan fingerprint density at radius 1 is 1.64 bits per heavy atom. The van der Waals surface area contributed by atoms with Gasteiger partial charge in [-0.3, -0.25) is 4.79 Å². The average molecular weight is 177 g/mol. The molecule has 66 valence electrons. The number of nitrogens with two attached hydrogens (primary N) is 1. The largest absolute Gasteiger partial charge is 0.480 e. The Morgan fingerprint density at radius 3 is 2.55 bits per heavy atom. The summed E-state index contributed by atoms with van der Waals surface area (Å²) in [5.41, 5.74) is 5.37. The fourth-order valence-electron chi connectivity index (χ4n) is 0.448. The summed E-state index contributed by atoms with van der Waals surface area (Å²) >= 11 is 1.44. The Morgan fingerprint density at radius 2 is 2.18 bits per heavy atom. The van der Waals surface area contributed by atoms with Crippen LogP contribution >= 0.6 is 11.8 Å². The maximum atomic E-state index is 10.3. The molecule has 0 aromatic rings. The Hall–Kier alpha value is -0.220. The number of carbonyl (C=O) groups is 1. The third-order valence-electron chi connectivity index (χ3n) is 1.38. The lowest BCUT2D eigenvalue weighted by molar-refractivity contribution is -0.136. The van der Waals surface area contributed by atoms with E-state index < -0.39 is 5.97 Å². The van der Waals surface area contributed by atoms with E-state index in [9.17, 15) is 4.79 Å². The van der Waals surface area contributed by atoms with Crippen molar-refractivity contribution in [2.45, 2.75) is 19.1 Å². The van der Waals surface area contributed by atoms with Crippen molar-refractivity contribution >= 4 is 17.7 Å². The number of rotatable bonds is 5. The number of aliphatic carboxylic acids is 1. The molecule has 0 fully saturated rings. The molecule has 0 bridgehead atoms. The molecule has 4 heteroatoms. The zero-order valence-corrected chi connectivity index (χ0v) is 7.73. The third-order valence-corrected chi connectivity index (χ3v) is 2.84. The van der Waals surface area contributed by atoms with Crippen molar-refractivity contribution in [2.75, 3.05) is 12.3 Å². The molecule has 0 saturated heterocycles. The van der Waals surface area contributed by atoms with E-state index in [1.165, 1.54) is 11.8 Å². The van der Waals surface area contributed by atoms with Crippen LogP contribution in [0.25, 0.3) is 0 Å². The number of thioether (sulfide) groups is 1. The molecule has 0 aromatic carbocycles. The summed E-state index contributed by atoms with van der Waals surface area (Å²) in [6, 6.07) is 0. The van der Waals surface area contributed by atoms with Crippen LogP contribution in [-0.4, -0.2) is 28.6 Å². The lowest BCUT2D eigenvalue weighted by Gasteiger charge is -2.09. The highest BCUT2D eigenvalue weighted by molar-refractivity contribution is 8.00. The first kappa shape index (κ1) is 10.8. The normalized spacial score (nSPS) is 15.9. The van der Waals surface area contributed by atoms with Gasteiger partial charge in [-0.1, -0.05) is 6.92 Å². The Labute approximate surface area is 71.3 Å². The van der Waals surface area contributed by atoms with Crippen LogP contribution in [0.5, 0.6) is 0 Å². The van der Waals surface area contributed by atoms with Gasteiger partial charge in [0.15, 0.2) is 0 Å². The molecular formula is C7H15NO2S. The summed E-state index contributed by atoms with van der Waals surface area (Å²) in [6.45, 7) is 4.33. The van der Waals surface area contributed by atoms with Crippen LogP contribution in [0.1, 0.15) is 13.8 Å². The summed E-state index contributed by atoms with van der Waals surface area (Å²) in [7, 11) is 0. The summed E-state index contributed by atoms with van der Waals surface area (Å²) in [5, 5.41) is 8.20. The SMILES string of the molecule is CC(CN)CSC(C)C(=O)O. The molecule has 0 aliphatic carbocycles. The summed E-state index contributed by atoms with van der Waals surface area (Å²) in [6.07, 6.45) is 0. The van der Waals surface area contributed by atoms with E-state index in [0.29, 0.717) is 12.5 Å². The second kappa shape index (κ2) is 5.43. The fourth-order valence-corrected chi connectivity index (χ4v) is 1.34. The first-order chi connectivity index (χ1) is 5.07. The van der Waals surface area contributed by atoms with Crippen LogP contribution in [0.15, 0.2) is 0 Å². The van der Waals surface area contributed by atoms with Gasteiger partial charge in [0.2, 0.25) is 0 Å². The Balaban J connectivity index is 3.45. The molecule has 0 radical (unpaired) electrons. The van der Waals surface area contributed by atoms with Gasteiger partial charge < -0.3 is 10.8 Å². The van der Waals surface area contributed by atoms with Crippen LogP contribution in [0.2, 0.25) is 0 Å². The van der Waals surface area contributed by atoms with E-state index in [2.05, 4.69) is 0 Å². The van der Waals surface area contributed by atoms with Crippen molar-refractivity contribution in [1.29, 1.82) is 0 Å². The van der Waals surface area contributed by atoms with E-state index in [-0.39, 0.29) is 5.25 Å². The molecule has 3 nitrogen and oxygen atoms in total. The van der Waals surface area contributed by atoms with Gasteiger partial charge in [0.1, 0.15) is 0 Å². The van der Waals surface area contributed by atoms with Gasteiger partial charge in [0, 0.05) is 0 Å². The van der Waals surface area contributed by atoms with E-state index in [1.807, 2.05) is 6.92 Å². The smallest absolute Gasteiger partial charge is 0.316 e. The predicted molar refractivity (Wildman–Crippen MR) is 47.8 cm³/mol. The monoisotopic (exact) mass is 177 g/mol. The zero-order chi connectivity index (χ0) is 8.85. The van der Waals surface area contributed by atoms with Gasteiger partial charge in [-0.2, -0.15) is 0 Å². The van der Waals surface area contributed by atoms with Gasteiger partial charge in [0.25, 0.3) is 0 Å². The molecule has 11 heavy (non-hydrogen) atoms. The minimum absolute atomic E-state index is 0.316. The number of carboxylic acids is 1. The molecule has 2 atom stereocenters. The summed E-state index contributed by atoms with van der Waals surface area (Å²) in [5.74, 6) is 0.477. The summed E-state index contributed by atoms with van der Waals surface area (Å²) < 4.78 is 0. The third kappa shape index (κ3) is 5.09. The molecule has 0 aliphatic rings. The maximum absolute atomic E-state index is 10.3. The molecule has 0 aromatic heterocycles. The molecular weight excluding hydrogens is 162 g/mol. The average Bonchev–Trinajstić information content (AvgIpc) is 1.99. The highest BCUT2D eigenvalue weighted by atomic mass is 32.2. The molecule has 0 rings (SSSR count). The van der Waals surface area contributed by atoms with Crippen LogP contribution in [0.3, 0.4) is 0 Å². The summed E-state index contributed by atoms with van der Waals surface area (Å²) in [4.78, 5) is 10.3. The maximum Gasteiger partial charge on any atom is 0.316 e. The molecule has 0 amide bonds. The predicted octanol–water partition coefficient (Wildman–Crippen LogP) is 0.788. The topological polar surface area (TPSA) is 63.3 Å². The van der Waals surface area contributed by atoms with Crippen LogP contribution in [0, 0.1) is 5.92 Å². The van der Waals surface area contributed by atoms with Crippen LogP contribution in [-0.2, 0) is 4.79 Å². The van der Waals surface area contributed by atoms with E-state index in [0.717, 1.165) is 5.75 Å². The quantitative estimate of drug-likeness (QED) is 0.651. The first-order valence-corrected chi connectivity index (χ1v) is 4.67. The van der Waals surface area contributed by atoms with Gasteiger partial charge in [-0.25, -0.2) is 0 Å². The van der Waals surface area contributed by atoms with Crippen LogP contribution in [0.4, 0.5) is 0 Å². The highest BCUT2D eigenvalue weighted by Crippen LogP contribution is 2.13. The second-order valence-corrected chi connectivity index (χ2v) is 4.03. The van der Waals surface area contributed by atoms with Crippen molar-refractivity contribution in [1.82, 2.24) is 0 Å². The van der Waals surface area contributed by atoms with Crippen molar-refractivity contribution < 1.29 is 9.90 Å². The number of hydrogen-bond donors (Lipinski definition) is 2. The lowest BCUT2D eigenvalue weighted by Crippen LogP contribution is -2.17. The molecule has 0 spiro atoms. The van der Waals surface area contributed by atoms with E-state index >= 15 is 0 Å². The van der Waals surface area contributed by atoms with Gasteiger partial charge in [-0.15, -0.1) is 11.8 Å². The minimum atomic E-state index is -0.751. The van der Waals surface area contributed by atoms with Crippen LogP contribution < -0.4 is 5.73 Å². The van der Waals surface area contributed by atoms with Gasteiger partial charge in [0.05, 0.1) is 5.25 Å². The Bertz CT molecular complexity index is 130. The van der Waals surface area contributed by atoms with Crippen molar-refractivity contribution in [2.24, 2.45) is 11.7 Å². The standard InChI is InChI=1S/C7H15NO2S/c1-5(3-8)4-11-6(2)7(9)10/h5-6H,3-4,8H2,1-2H3,(H,9,10). The van der Waals surface area contributed by atoms with Gasteiger partial charge in [-0.05, 0) is 25.1 Å². The fraction of sp³-hybridized carbons (Fsp3) is 0.857. The van der Waals surface area contributed by atoms with Gasteiger partial charge >= 0.3 is 5.97 Å². The van der Waals surface area contributed by atoms with Crippen molar-refractivity contribution in [3.8, 4) is 0 Å². The zero-order valence-electron chi connectivity index (χ0n) is 6.91. The molecule has 0 saturated carbocycles. The Kier molecular flexibility index (Phi) is 5.32. The molecule has 2 unspecified atom stereocenters. The van der Waals surface area contributed by atoms with Crippen molar-refractivity contribution in [3.63, 3.8) is 0 Å². The van der Waals surface area contributed by atoms with E-state index in [1.54, 1.807) is 6.92 Å². The lowest BCUT2D eigenvalue weighted by atomic mass is 10.2. The van der Waals surface area contributed by atoms with E-state index in [4.69, 9.17) is 10.8 Å². The van der Waals surface area contributed by atoms with Crippen molar-refractivity contribution in [3.05, 3.63) is 0 Å². The highest BCUT2D eigenvalue weighted by Gasteiger charge is 2.11.